The molecule has 2 rings (SSSR count). The lowest BCUT2D eigenvalue weighted by Gasteiger charge is -2.11. The Hall–Kier alpha value is -1.26. The summed E-state index contributed by atoms with van der Waals surface area (Å²) in [4.78, 5) is 5.21. The highest BCUT2D eigenvalue weighted by molar-refractivity contribution is 7.11. The molecule has 1 N–H and O–H groups in total. The minimum absolute atomic E-state index is 0.240. The molecule has 1 aromatic carbocycles. The summed E-state index contributed by atoms with van der Waals surface area (Å²) in [7, 11) is 0. The zero-order valence-corrected chi connectivity index (χ0v) is 11.5. The van der Waals surface area contributed by atoms with Crippen molar-refractivity contribution >= 4 is 11.3 Å². The minimum Gasteiger partial charge on any atom is -0.387 e. The summed E-state index contributed by atoms with van der Waals surface area (Å²) in [5.74, 6) is -0.240. The Morgan fingerprint density at radius 3 is 2.61 bits per heavy atom. The Bertz CT molecular complexity index is 565. The fourth-order valence-corrected chi connectivity index (χ4v) is 2.96. The molecule has 1 unspecified atom stereocenters. The lowest BCUT2D eigenvalue weighted by molar-refractivity contribution is 0.181. The van der Waals surface area contributed by atoms with Crippen molar-refractivity contribution in [3.63, 3.8) is 0 Å². The third-order valence-electron chi connectivity index (χ3n) is 2.96. The van der Waals surface area contributed by atoms with E-state index in [1.807, 2.05) is 20.8 Å². The average Bonchev–Trinajstić information content (AvgIpc) is 2.62. The van der Waals surface area contributed by atoms with E-state index in [4.69, 9.17) is 0 Å². The summed E-state index contributed by atoms with van der Waals surface area (Å²) in [6.45, 7) is 5.69. The Balaban J connectivity index is 2.21. The topological polar surface area (TPSA) is 33.1 Å². The van der Waals surface area contributed by atoms with Crippen LogP contribution >= 0.6 is 11.3 Å². The highest BCUT2D eigenvalue weighted by atomic mass is 32.1. The van der Waals surface area contributed by atoms with Crippen molar-refractivity contribution < 1.29 is 9.50 Å². The number of aryl methyl sites for hydroxylation is 3. The van der Waals surface area contributed by atoms with Crippen LogP contribution in [-0.4, -0.2) is 10.1 Å². The first kappa shape index (κ1) is 13.2. The van der Waals surface area contributed by atoms with Gasteiger partial charge < -0.3 is 5.11 Å². The van der Waals surface area contributed by atoms with Crippen LogP contribution < -0.4 is 0 Å². The van der Waals surface area contributed by atoms with E-state index < -0.39 is 6.10 Å². The van der Waals surface area contributed by atoms with Gasteiger partial charge in [-0.25, -0.2) is 9.37 Å². The Kier molecular flexibility index (Phi) is 3.78. The smallest absolute Gasteiger partial charge is 0.123 e. The van der Waals surface area contributed by atoms with Gasteiger partial charge in [-0.05, 0) is 44.0 Å². The van der Waals surface area contributed by atoms with Gasteiger partial charge in [0.25, 0.3) is 0 Å². The van der Waals surface area contributed by atoms with Crippen LogP contribution in [0, 0.1) is 26.6 Å². The predicted molar refractivity (Wildman–Crippen MR) is 71.4 cm³/mol. The molecule has 2 nitrogen and oxygen atoms in total. The summed E-state index contributed by atoms with van der Waals surface area (Å²) < 4.78 is 13.0. The first-order chi connectivity index (χ1) is 8.47. The number of aliphatic hydroxyl groups is 1. The molecule has 2 aromatic rings. The van der Waals surface area contributed by atoms with Crippen LogP contribution in [0.25, 0.3) is 0 Å². The number of benzene rings is 1. The van der Waals surface area contributed by atoms with Crippen molar-refractivity contribution in [1.29, 1.82) is 0 Å². The van der Waals surface area contributed by atoms with Crippen molar-refractivity contribution in [2.45, 2.75) is 33.3 Å². The van der Waals surface area contributed by atoms with E-state index in [0.29, 0.717) is 6.42 Å². The molecule has 0 aliphatic heterocycles. The molecule has 0 aliphatic carbocycles. The summed E-state index contributed by atoms with van der Waals surface area (Å²) >= 11 is 1.52. The number of hydrogen-bond donors (Lipinski definition) is 1. The molecular formula is C14H16FNOS. The van der Waals surface area contributed by atoms with Crippen molar-refractivity contribution in [2.24, 2.45) is 0 Å². The maximum Gasteiger partial charge on any atom is 0.123 e. The van der Waals surface area contributed by atoms with Gasteiger partial charge in [-0.1, -0.05) is 6.07 Å². The van der Waals surface area contributed by atoms with E-state index in [1.165, 1.54) is 23.5 Å². The van der Waals surface area contributed by atoms with Gasteiger partial charge in [0, 0.05) is 6.42 Å². The van der Waals surface area contributed by atoms with Gasteiger partial charge in [0.2, 0.25) is 0 Å². The summed E-state index contributed by atoms with van der Waals surface area (Å²) in [6.07, 6.45) is -0.0745. The van der Waals surface area contributed by atoms with E-state index in [9.17, 15) is 9.50 Å². The predicted octanol–water partition coefficient (Wildman–Crippen LogP) is 3.48. The first-order valence-electron chi connectivity index (χ1n) is 5.84. The van der Waals surface area contributed by atoms with Gasteiger partial charge in [-0.3, -0.25) is 0 Å². The van der Waals surface area contributed by atoms with E-state index in [0.717, 1.165) is 26.7 Å². The fraction of sp³-hybridized carbons (Fsp3) is 0.357. The lowest BCUT2D eigenvalue weighted by Crippen LogP contribution is -2.03. The summed E-state index contributed by atoms with van der Waals surface area (Å²) in [5, 5.41) is 11.2. The molecule has 0 radical (unpaired) electrons. The second-order valence-electron chi connectivity index (χ2n) is 4.47. The largest absolute Gasteiger partial charge is 0.387 e. The number of halogens is 1. The van der Waals surface area contributed by atoms with Gasteiger partial charge in [0.1, 0.15) is 5.82 Å². The minimum atomic E-state index is -0.569. The molecule has 0 bridgehead atoms. The molecule has 1 atom stereocenters. The molecule has 0 saturated heterocycles. The molecule has 0 fully saturated rings. The second-order valence-corrected chi connectivity index (χ2v) is 5.71. The maximum absolute atomic E-state index is 13.0. The third kappa shape index (κ3) is 2.76. The van der Waals surface area contributed by atoms with E-state index >= 15 is 0 Å². The van der Waals surface area contributed by atoms with Crippen molar-refractivity contribution in [2.75, 3.05) is 0 Å². The van der Waals surface area contributed by atoms with Gasteiger partial charge in [0.05, 0.1) is 21.7 Å². The normalized spacial score (nSPS) is 12.7. The molecule has 0 amide bonds. The monoisotopic (exact) mass is 265 g/mol. The van der Waals surface area contributed by atoms with E-state index in [-0.39, 0.29) is 5.82 Å². The van der Waals surface area contributed by atoms with Crippen LogP contribution in [0.5, 0.6) is 0 Å². The van der Waals surface area contributed by atoms with Crippen LogP contribution in [-0.2, 0) is 6.42 Å². The van der Waals surface area contributed by atoms with Gasteiger partial charge >= 0.3 is 0 Å². The Morgan fingerprint density at radius 2 is 2.06 bits per heavy atom. The average molecular weight is 265 g/mol. The molecule has 1 heterocycles. The van der Waals surface area contributed by atoms with E-state index in [1.54, 1.807) is 6.07 Å². The molecule has 0 spiro atoms. The first-order valence-corrected chi connectivity index (χ1v) is 6.66. The van der Waals surface area contributed by atoms with Crippen LogP contribution in [0.4, 0.5) is 4.39 Å². The second kappa shape index (κ2) is 5.16. The van der Waals surface area contributed by atoms with Gasteiger partial charge in [-0.2, -0.15) is 0 Å². The standard InChI is InChI=1S/C14H16FNOS/c1-8-6-12(15)5-4-11(8)7-13(17)14-9(2)16-10(3)18-14/h4-6,13,17H,7H2,1-3H3. The zero-order chi connectivity index (χ0) is 13.3. The molecule has 4 heteroatoms. The van der Waals surface area contributed by atoms with Crippen molar-refractivity contribution in [1.82, 2.24) is 4.98 Å². The Labute approximate surface area is 110 Å². The molecular weight excluding hydrogens is 249 g/mol. The number of aromatic nitrogens is 1. The van der Waals surface area contributed by atoms with Crippen LogP contribution in [0.3, 0.4) is 0 Å². The fourth-order valence-electron chi connectivity index (χ4n) is 2.05. The molecule has 0 aliphatic rings. The van der Waals surface area contributed by atoms with E-state index in [2.05, 4.69) is 4.98 Å². The molecule has 96 valence electrons. The SMILES string of the molecule is Cc1nc(C)c(C(O)Cc2ccc(F)cc2C)s1. The maximum atomic E-state index is 13.0. The van der Waals surface area contributed by atoms with Crippen LogP contribution in [0.1, 0.15) is 32.8 Å². The number of thiazole rings is 1. The van der Waals surface area contributed by atoms with Gasteiger partial charge in [0.15, 0.2) is 0 Å². The highest BCUT2D eigenvalue weighted by Crippen LogP contribution is 2.28. The number of rotatable bonds is 3. The van der Waals surface area contributed by atoms with Gasteiger partial charge in [-0.15, -0.1) is 11.3 Å². The zero-order valence-electron chi connectivity index (χ0n) is 10.7. The number of aliphatic hydroxyl groups excluding tert-OH is 1. The molecule has 18 heavy (non-hydrogen) atoms. The number of nitrogens with zero attached hydrogens (tertiary/aromatic N) is 1. The summed E-state index contributed by atoms with van der Waals surface area (Å²) in [6, 6.07) is 4.66. The van der Waals surface area contributed by atoms with Crippen LogP contribution in [0.2, 0.25) is 0 Å². The van der Waals surface area contributed by atoms with Crippen molar-refractivity contribution in [3.8, 4) is 0 Å². The van der Waals surface area contributed by atoms with Crippen LogP contribution in [0.15, 0.2) is 18.2 Å². The summed E-state index contributed by atoms with van der Waals surface area (Å²) in [5.41, 5.74) is 2.71. The van der Waals surface area contributed by atoms with Crippen molar-refractivity contribution in [3.05, 3.63) is 50.7 Å². The molecule has 0 saturated carbocycles. The highest BCUT2D eigenvalue weighted by Gasteiger charge is 2.16. The third-order valence-corrected chi connectivity index (χ3v) is 4.13. The number of hydrogen-bond acceptors (Lipinski definition) is 3. The Morgan fingerprint density at radius 1 is 1.33 bits per heavy atom. The quantitative estimate of drug-likeness (QED) is 0.921. The molecule has 1 aromatic heterocycles. The lowest BCUT2D eigenvalue weighted by atomic mass is 10.0.